The summed E-state index contributed by atoms with van der Waals surface area (Å²) in [5, 5.41) is 4.03. The fourth-order valence-electron chi connectivity index (χ4n) is 5.74. The number of aromatic nitrogens is 2. The number of pyridine rings is 2. The highest BCUT2D eigenvalue weighted by molar-refractivity contribution is 6.41. The van der Waals surface area contributed by atoms with Crippen molar-refractivity contribution in [3.8, 4) is 34.1 Å². The van der Waals surface area contributed by atoms with Gasteiger partial charge in [-0.1, -0.05) is 47.5 Å². The molecule has 2 aromatic heterocycles. The van der Waals surface area contributed by atoms with Crippen LogP contribution in [0.5, 0.6) is 23.0 Å². The Hall–Kier alpha value is -4.61. The normalized spacial score (nSPS) is 13.7. The predicted octanol–water partition coefficient (Wildman–Crippen LogP) is 7.56. The number of hydrogen-bond donors (Lipinski definition) is 1. The molecule has 12 heteroatoms. The third kappa shape index (κ3) is 7.42. The number of carbonyl (C=O) groups excluding carboxylic acids is 1. The van der Waals surface area contributed by atoms with Crippen LogP contribution >= 0.6 is 23.2 Å². The van der Waals surface area contributed by atoms with E-state index in [1.165, 1.54) is 19.8 Å². The van der Waals surface area contributed by atoms with Crippen molar-refractivity contribution in [2.45, 2.75) is 13.1 Å². The number of anilines is 1. The van der Waals surface area contributed by atoms with Gasteiger partial charge in [0.15, 0.2) is 5.75 Å². The van der Waals surface area contributed by atoms with Gasteiger partial charge < -0.3 is 18.9 Å². The Morgan fingerprint density at radius 1 is 0.771 bits per heavy atom. The minimum Gasteiger partial charge on any atom is -0.497 e. The number of nitrogens with one attached hydrogen (secondary N) is 1. The van der Waals surface area contributed by atoms with E-state index in [1.807, 2.05) is 24.3 Å². The lowest BCUT2D eigenvalue weighted by Crippen LogP contribution is -2.45. The second-order valence-electron chi connectivity index (χ2n) is 11.3. The zero-order valence-corrected chi connectivity index (χ0v) is 28.3. The summed E-state index contributed by atoms with van der Waals surface area (Å²) >= 11 is 13.4. The molecule has 3 heterocycles. The van der Waals surface area contributed by atoms with Crippen molar-refractivity contribution in [3.63, 3.8) is 0 Å². The average Bonchev–Trinajstić information content (AvgIpc) is 3.11. The fraction of sp³-hybridized carbons (Fsp3) is 0.250. The molecule has 0 saturated carbocycles. The van der Waals surface area contributed by atoms with Crippen LogP contribution in [-0.4, -0.2) is 73.4 Å². The van der Waals surface area contributed by atoms with Gasteiger partial charge in [0, 0.05) is 68.7 Å². The van der Waals surface area contributed by atoms with Crippen LogP contribution in [0.4, 0.5) is 10.6 Å². The highest BCUT2D eigenvalue weighted by atomic mass is 35.5. The summed E-state index contributed by atoms with van der Waals surface area (Å²) in [6.45, 7) is 5.62. The molecule has 0 bridgehead atoms. The molecule has 1 N–H and O–H groups in total. The van der Waals surface area contributed by atoms with E-state index < -0.39 is 6.09 Å². The minimum absolute atomic E-state index is 0.261. The molecule has 1 fully saturated rings. The Kier molecular flexibility index (Phi) is 10.5. The first-order valence-corrected chi connectivity index (χ1v) is 16.1. The maximum absolute atomic E-state index is 13.0. The zero-order chi connectivity index (χ0) is 33.6. The highest BCUT2D eigenvalue weighted by Crippen LogP contribution is 2.48. The van der Waals surface area contributed by atoms with Crippen LogP contribution in [0.2, 0.25) is 10.0 Å². The van der Waals surface area contributed by atoms with Crippen LogP contribution in [0, 0.1) is 0 Å². The Balaban J connectivity index is 1.08. The number of benzene rings is 3. The van der Waals surface area contributed by atoms with Gasteiger partial charge >= 0.3 is 6.09 Å². The second kappa shape index (κ2) is 15.1. The van der Waals surface area contributed by atoms with Crippen molar-refractivity contribution in [2.24, 2.45) is 0 Å². The summed E-state index contributed by atoms with van der Waals surface area (Å²) in [5.74, 6) is 2.33. The second-order valence-corrected chi connectivity index (χ2v) is 12.0. The van der Waals surface area contributed by atoms with Crippen LogP contribution in [0.1, 0.15) is 11.1 Å². The standard InChI is InChI=1S/C36H35Cl2N5O5/c1-45-25-9-6-23(7-10-25)21-42-15-17-43(18-16-42)22-24-8-13-31(40-20-24)41-36(44)48-28-12-11-26(27-5-4-14-39-35(27)28)32-33(37)29(46-2)19-30(47-3)34(32)38/h4-14,19-20H,15-18,21-22H2,1-3H3,(H,40,41,44). The molecule has 6 rings (SSSR count). The van der Waals surface area contributed by atoms with Crippen LogP contribution in [0.25, 0.3) is 22.0 Å². The lowest BCUT2D eigenvalue weighted by atomic mass is 9.99. The van der Waals surface area contributed by atoms with Gasteiger partial charge in [-0.05, 0) is 53.1 Å². The van der Waals surface area contributed by atoms with Crippen molar-refractivity contribution >= 4 is 46.0 Å². The van der Waals surface area contributed by atoms with Gasteiger partial charge in [-0.15, -0.1) is 0 Å². The number of methoxy groups -OCH3 is 3. The Morgan fingerprint density at radius 2 is 1.42 bits per heavy atom. The van der Waals surface area contributed by atoms with E-state index in [1.54, 1.807) is 49.8 Å². The number of ether oxygens (including phenoxy) is 4. The van der Waals surface area contributed by atoms with Crippen molar-refractivity contribution < 1.29 is 23.7 Å². The first kappa shape index (κ1) is 33.3. The van der Waals surface area contributed by atoms with Gasteiger partial charge in [0.1, 0.15) is 28.6 Å². The minimum atomic E-state index is -0.693. The van der Waals surface area contributed by atoms with Crippen LogP contribution in [-0.2, 0) is 13.1 Å². The number of halogens is 2. The summed E-state index contributed by atoms with van der Waals surface area (Å²) in [5.41, 5.74) is 3.99. The van der Waals surface area contributed by atoms with E-state index in [9.17, 15) is 4.79 Å². The molecule has 5 aromatic rings. The van der Waals surface area contributed by atoms with E-state index in [0.717, 1.165) is 50.6 Å². The van der Waals surface area contributed by atoms with Crippen LogP contribution < -0.4 is 24.3 Å². The van der Waals surface area contributed by atoms with E-state index in [2.05, 4.69) is 37.2 Å². The first-order chi connectivity index (χ1) is 23.4. The molecule has 0 spiro atoms. The number of fused-ring (bicyclic) bond motifs is 1. The molecule has 0 radical (unpaired) electrons. The van der Waals surface area contributed by atoms with Crippen molar-refractivity contribution in [1.29, 1.82) is 0 Å². The van der Waals surface area contributed by atoms with Crippen LogP contribution in [0.3, 0.4) is 0 Å². The summed E-state index contributed by atoms with van der Waals surface area (Å²) in [4.78, 5) is 26.8. The molecule has 1 aliphatic heterocycles. The molecule has 3 aromatic carbocycles. The van der Waals surface area contributed by atoms with Gasteiger partial charge in [-0.2, -0.15) is 0 Å². The van der Waals surface area contributed by atoms with Crippen molar-refractivity contribution in [1.82, 2.24) is 19.8 Å². The fourth-order valence-corrected chi connectivity index (χ4v) is 6.45. The lowest BCUT2D eigenvalue weighted by Gasteiger charge is -2.34. The average molecular weight is 689 g/mol. The molecule has 1 aliphatic rings. The third-order valence-electron chi connectivity index (χ3n) is 8.27. The Labute approximate surface area is 289 Å². The SMILES string of the molecule is COc1ccc(CN2CCN(Cc3ccc(NC(=O)Oc4ccc(-c5c(Cl)c(OC)cc(OC)c5Cl)c5cccnc45)nc3)CC2)cc1. The van der Waals surface area contributed by atoms with Gasteiger partial charge in [0.2, 0.25) is 0 Å². The molecule has 1 saturated heterocycles. The zero-order valence-electron chi connectivity index (χ0n) is 26.8. The molecule has 10 nitrogen and oxygen atoms in total. The number of rotatable bonds is 10. The maximum atomic E-state index is 13.0. The maximum Gasteiger partial charge on any atom is 0.418 e. The summed E-state index contributed by atoms with van der Waals surface area (Å²) < 4.78 is 21.9. The van der Waals surface area contributed by atoms with Crippen molar-refractivity contribution in [2.75, 3.05) is 52.8 Å². The summed E-state index contributed by atoms with van der Waals surface area (Å²) in [6, 6.07) is 20.7. The van der Waals surface area contributed by atoms with Gasteiger partial charge in [0.25, 0.3) is 0 Å². The number of piperazine rings is 1. The van der Waals surface area contributed by atoms with E-state index in [4.69, 9.17) is 42.1 Å². The third-order valence-corrected chi connectivity index (χ3v) is 9.02. The topological polar surface area (TPSA) is 98.3 Å². The van der Waals surface area contributed by atoms with Crippen molar-refractivity contribution in [3.05, 3.63) is 100 Å². The Morgan fingerprint density at radius 3 is 2.02 bits per heavy atom. The van der Waals surface area contributed by atoms with Gasteiger partial charge in [-0.25, -0.2) is 9.78 Å². The number of carbonyl (C=O) groups is 1. The Bertz CT molecular complexity index is 1870. The molecular formula is C36H35Cl2N5O5. The van der Waals surface area contributed by atoms with Gasteiger partial charge in [-0.3, -0.25) is 20.1 Å². The van der Waals surface area contributed by atoms with Crippen LogP contribution in [0.15, 0.2) is 79.1 Å². The van der Waals surface area contributed by atoms with E-state index >= 15 is 0 Å². The molecule has 0 aliphatic carbocycles. The van der Waals surface area contributed by atoms with E-state index in [-0.39, 0.29) is 5.75 Å². The quantitative estimate of drug-likeness (QED) is 0.159. The lowest BCUT2D eigenvalue weighted by molar-refractivity contribution is 0.122. The molecular weight excluding hydrogens is 653 g/mol. The van der Waals surface area contributed by atoms with E-state index in [0.29, 0.717) is 49.4 Å². The predicted molar refractivity (Wildman–Crippen MR) is 188 cm³/mol. The molecule has 0 atom stereocenters. The molecule has 48 heavy (non-hydrogen) atoms. The smallest absolute Gasteiger partial charge is 0.418 e. The number of nitrogens with zero attached hydrogens (tertiary/aromatic N) is 4. The molecule has 1 amide bonds. The largest absolute Gasteiger partial charge is 0.497 e. The molecule has 248 valence electrons. The number of hydrogen-bond acceptors (Lipinski definition) is 9. The summed E-state index contributed by atoms with van der Waals surface area (Å²) in [7, 11) is 4.72. The summed E-state index contributed by atoms with van der Waals surface area (Å²) in [6.07, 6.45) is 2.70. The number of amides is 1. The highest BCUT2D eigenvalue weighted by Gasteiger charge is 2.22. The molecule has 0 unspecified atom stereocenters. The first-order valence-electron chi connectivity index (χ1n) is 15.4. The van der Waals surface area contributed by atoms with Gasteiger partial charge in [0.05, 0.1) is 31.4 Å². The monoisotopic (exact) mass is 687 g/mol.